The van der Waals surface area contributed by atoms with E-state index in [1.165, 1.54) is 4.90 Å². The van der Waals surface area contributed by atoms with Crippen LogP contribution in [-0.2, 0) is 9.47 Å². The van der Waals surface area contributed by atoms with Gasteiger partial charge in [-0.05, 0) is 24.3 Å². The van der Waals surface area contributed by atoms with E-state index in [1.807, 2.05) is 0 Å². The first-order chi connectivity index (χ1) is 10.7. The summed E-state index contributed by atoms with van der Waals surface area (Å²) in [7, 11) is 3.33. The molecule has 0 heterocycles. The molecule has 0 bridgehead atoms. The van der Waals surface area contributed by atoms with E-state index in [1.54, 1.807) is 38.5 Å². The Kier molecular flexibility index (Phi) is 9.19. The van der Waals surface area contributed by atoms with Gasteiger partial charge in [-0.2, -0.15) is 5.26 Å². The number of hydrogen-bond acceptors (Lipinski definition) is 5. The van der Waals surface area contributed by atoms with Crippen molar-refractivity contribution in [1.82, 2.24) is 0 Å². The molecule has 6 nitrogen and oxygen atoms in total. The minimum Gasteiger partial charge on any atom is -0.491 e. The third-order valence-electron chi connectivity index (χ3n) is 3.27. The highest BCUT2D eigenvalue weighted by Gasteiger charge is 2.15. The number of nitrogens with one attached hydrogen (secondary N) is 1. The summed E-state index contributed by atoms with van der Waals surface area (Å²) >= 11 is 0. The van der Waals surface area contributed by atoms with E-state index in [2.05, 4.69) is 6.07 Å². The summed E-state index contributed by atoms with van der Waals surface area (Å²) in [4.78, 5) is 1.21. The summed E-state index contributed by atoms with van der Waals surface area (Å²) in [5, 5.41) is 18.8. The SMILES string of the molecule is COCC[NH+](CCOC)C[C@H](O)COc1ccc(C#N)cc1. The molecule has 0 aliphatic rings. The van der Waals surface area contributed by atoms with Crippen LogP contribution >= 0.6 is 0 Å². The maximum atomic E-state index is 10.1. The van der Waals surface area contributed by atoms with Crippen LogP contribution in [0.15, 0.2) is 24.3 Å². The van der Waals surface area contributed by atoms with Gasteiger partial charge in [0.1, 0.15) is 38.1 Å². The van der Waals surface area contributed by atoms with Crippen LogP contribution in [0.1, 0.15) is 5.56 Å². The molecule has 0 aromatic heterocycles. The Bertz CT molecular complexity index is 436. The molecule has 1 atom stereocenters. The first kappa shape index (κ1) is 18.4. The van der Waals surface area contributed by atoms with E-state index in [0.29, 0.717) is 31.1 Å². The largest absolute Gasteiger partial charge is 0.491 e. The Morgan fingerprint density at radius 3 is 2.23 bits per heavy atom. The lowest BCUT2D eigenvalue weighted by molar-refractivity contribution is -0.903. The molecule has 0 saturated carbocycles. The van der Waals surface area contributed by atoms with Crippen LogP contribution in [0, 0.1) is 11.3 Å². The molecular formula is C16H25N2O4+. The number of nitrogens with zero attached hydrogens (tertiary/aromatic N) is 1. The Morgan fingerprint density at radius 2 is 1.73 bits per heavy atom. The van der Waals surface area contributed by atoms with E-state index in [-0.39, 0.29) is 6.61 Å². The fourth-order valence-corrected chi connectivity index (χ4v) is 2.03. The molecule has 0 fully saturated rings. The van der Waals surface area contributed by atoms with Crippen molar-refractivity contribution in [2.24, 2.45) is 0 Å². The highest BCUT2D eigenvalue weighted by atomic mass is 16.5. The van der Waals surface area contributed by atoms with Crippen molar-refractivity contribution >= 4 is 0 Å². The van der Waals surface area contributed by atoms with Crippen molar-refractivity contribution in [3.8, 4) is 11.8 Å². The van der Waals surface area contributed by atoms with Gasteiger partial charge in [-0.25, -0.2) is 0 Å². The van der Waals surface area contributed by atoms with Gasteiger partial charge in [0.15, 0.2) is 0 Å². The Morgan fingerprint density at radius 1 is 1.14 bits per heavy atom. The Labute approximate surface area is 131 Å². The second kappa shape index (κ2) is 11.0. The average molecular weight is 309 g/mol. The lowest BCUT2D eigenvalue weighted by Gasteiger charge is -2.22. The van der Waals surface area contributed by atoms with E-state index in [9.17, 15) is 5.11 Å². The van der Waals surface area contributed by atoms with Gasteiger partial charge < -0.3 is 24.2 Å². The van der Waals surface area contributed by atoms with Crippen molar-refractivity contribution < 1.29 is 24.2 Å². The Balaban J connectivity index is 2.37. The molecular weight excluding hydrogens is 284 g/mol. The lowest BCUT2D eigenvalue weighted by atomic mass is 10.2. The fraction of sp³-hybridized carbons (Fsp3) is 0.562. The number of ether oxygens (including phenoxy) is 3. The van der Waals surface area contributed by atoms with Gasteiger partial charge in [0, 0.05) is 14.2 Å². The van der Waals surface area contributed by atoms with Crippen molar-refractivity contribution in [2.75, 3.05) is 53.7 Å². The molecule has 0 saturated heterocycles. The number of aliphatic hydroxyl groups is 1. The molecule has 1 rings (SSSR count). The summed E-state index contributed by atoms with van der Waals surface area (Å²) in [6, 6.07) is 8.89. The van der Waals surface area contributed by atoms with Crippen LogP contribution in [-0.4, -0.2) is 64.9 Å². The molecule has 22 heavy (non-hydrogen) atoms. The number of methoxy groups -OCH3 is 2. The number of benzene rings is 1. The van der Waals surface area contributed by atoms with Crippen LogP contribution in [0.5, 0.6) is 5.75 Å². The molecule has 0 amide bonds. The zero-order chi connectivity index (χ0) is 16.2. The number of hydrogen-bond donors (Lipinski definition) is 2. The number of nitriles is 1. The van der Waals surface area contributed by atoms with Crippen molar-refractivity contribution in [3.05, 3.63) is 29.8 Å². The van der Waals surface area contributed by atoms with Crippen LogP contribution in [0.4, 0.5) is 0 Å². The summed E-state index contributed by atoms with van der Waals surface area (Å²) in [5.41, 5.74) is 0.586. The second-order valence-corrected chi connectivity index (χ2v) is 5.04. The van der Waals surface area contributed by atoms with Crippen molar-refractivity contribution in [3.63, 3.8) is 0 Å². The second-order valence-electron chi connectivity index (χ2n) is 5.04. The highest BCUT2D eigenvalue weighted by molar-refractivity contribution is 5.34. The predicted octanol–water partition coefficient (Wildman–Crippen LogP) is -0.524. The highest BCUT2D eigenvalue weighted by Crippen LogP contribution is 2.11. The molecule has 122 valence electrons. The smallest absolute Gasteiger partial charge is 0.137 e. The van der Waals surface area contributed by atoms with Crippen molar-refractivity contribution in [2.45, 2.75) is 6.10 Å². The maximum absolute atomic E-state index is 10.1. The molecule has 1 aromatic rings. The van der Waals surface area contributed by atoms with E-state index in [4.69, 9.17) is 19.5 Å². The van der Waals surface area contributed by atoms with Gasteiger partial charge in [-0.1, -0.05) is 0 Å². The van der Waals surface area contributed by atoms with Crippen LogP contribution in [0.2, 0.25) is 0 Å². The summed E-state index contributed by atoms with van der Waals surface area (Å²) in [6.45, 7) is 3.70. The van der Waals surface area contributed by atoms with Crippen LogP contribution in [0.25, 0.3) is 0 Å². The molecule has 0 spiro atoms. The van der Waals surface area contributed by atoms with Gasteiger partial charge in [-0.15, -0.1) is 0 Å². The van der Waals surface area contributed by atoms with E-state index < -0.39 is 6.10 Å². The standard InChI is InChI=1S/C16H24N2O4/c1-20-9-7-18(8-10-21-2)12-15(19)13-22-16-5-3-14(11-17)4-6-16/h3-6,15,19H,7-10,12-13H2,1-2H3/p+1/t15-/m0/s1. The van der Waals surface area contributed by atoms with Gasteiger partial charge in [0.25, 0.3) is 0 Å². The number of aliphatic hydroxyl groups excluding tert-OH is 1. The van der Waals surface area contributed by atoms with E-state index >= 15 is 0 Å². The van der Waals surface area contributed by atoms with Gasteiger partial charge in [0.05, 0.1) is 24.8 Å². The topological polar surface area (TPSA) is 76.2 Å². The van der Waals surface area contributed by atoms with E-state index in [0.717, 1.165) is 13.1 Å². The van der Waals surface area contributed by atoms with Gasteiger partial charge in [0.2, 0.25) is 0 Å². The molecule has 0 aliphatic carbocycles. The van der Waals surface area contributed by atoms with Crippen LogP contribution in [0.3, 0.4) is 0 Å². The third-order valence-corrected chi connectivity index (χ3v) is 3.27. The molecule has 0 unspecified atom stereocenters. The summed E-state index contributed by atoms with van der Waals surface area (Å²) in [6.07, 6.45) is -0.570. The molecule has 1 aromatic carbocycles. The molecule has 0 aliphatic heterocycles. The quantitative estimate of drug-likeness (QED) is 0.575. The van der Waals surface area contributed by atoms with Crippen molar-refractivity contribution in [1.29, 1.82) is 5.26 Å². The number of rotatable bonds is 11. The normalized spacial score (nSPS) is 12.1. The predicted molar refractivity (Wildman–Crippen MR) is 82.0 cm³/mol. The monoisotopic (exact) mass is 309 g/mol. The first-order valence-electron chi connectivity index (χ1n) is 7.32. The summed E-state index contributed by atoms with van der Waals surface area (Å²) < 4.78 is 15.7. The third kappa shape index (κ3) is 7.38. The van der Waals surface area contributed by atoms with Crippen LogP contribution < -0.4 is 9.64 Å². The van der Waals surface area contributed by atoms with Gasteiger partial charge >= 0.3 is 0 Å². The zero-order valence-electron chi connectivity index (χ0n) is 13.2. The first-order valence-corrected chi connectivity index (χ1v) is 7.32. The fourth-order valence-electron chi connectivity index (χ4n) is 2.03. The molecule has 0 radical (unpaired) electrons. The minimum absolute atomic E-state index is 0.218. The minimum atomic E-state index is -0.570. The number of quaternary nitrogens is 1. The Hall–Kier alpha value is -1.65. The molecule has 6 heteroatoms. The van der Waals surface area contributed by atoms with Gasteiger partial charge in [-0.3, -0.25) is 0 Å². The maximum Gasteiger partial charge on any atom is 0.137 e. The zero-order valence-corrected chi connectivity index (χ0v) is 13.2. The molecule has 2 N–H and O–H groups in total. The summed E-state index contributed by atoms with van der Waals surface area (Å²) in [5.74, 6) is 0.647. The lowest BCUT2D eigenvalue weighted by Crippen LogP contribution is -3.14. The average Bonchev–Trinajstić information content (AvgIpc) is 2.55.